The zero-order valence-electron chi connectivity index (χ0n) is 12.7. The Morgan fingerprint density at radius 1 is 1.33 bits per heavy atom. The number of nitrogens with zero attached hydrogens (tertiary/aromatic N) is 4. The summed E-state index contributed by atoms with van der Waals surface area (Å²) in [6.45, 7) is 6.07. The monoisotopic (exact) mass is 290 g/mol. The zero-order valence-corrected chi connectivity index (χ0v) is 12.7. The zero-order chi connectivity index (χ0) is 15.2. The van der Waals surface area contributed by atoms with Crippen molar-refractivity contribution in [1.82, 2.24) is 30.0 Å². The molecule has 21 heavy (non-hydrogen) atoms. The Morgan fingerprint density at radius 2 is 2.10 bits per heavy atom. The number of imidazole rings is 1. The molecule has 0 saturated carbocycles. The molecule has 7 heteroatoms. The van der Waals surface area contributed by atoms with Crippen molar-refractivity contribution in [2.45, 2.75) is 33.5 Å². The molecular formula is C14H22N6O. The van der Waals surface area contributed by atoms with Crippen molar-refractivity contribution in [3.8, 4) is 0 Å². The van der Waals surface area contributed by atoms with E-state index < -0.39 is 0 Å². The van der Waals surface area contributed by atoms with E-state index in [4.69, 9.17) is 0 Å². The van der Waals surface area contributed by atoms with Crippen molar-refractivity contribution in [1.29, 1.82) is 0 Å². The molecule has 2 heterocycles. The Morgan fingerprint density at radius 3 is 2.76 bits per heavy atom. The van der Waals surface area contributed by atoms with Crippen LogP contribution in [0.25, 0.3) is 0 Å². The van der Waals surface area contributed by atoms with Crippen LogP contribution in [-0.4, -0.2) is 25.4 Å². The van der Waals surface area contributed by atoms with Gasteiger partial charge >= 0.3 is 6.03 Å². The molecule has 2 aromatic rings. The number of urea groups is 1. The highest BCUT2D eigenvalue weighted by molar-refractivity contribution is 5.73. The molecule has 0 spiro atoms. The number of carbonyl (C=O) groups is 1. The minimum atomic E-state index is -0.210. The van der Waals surface area contributed by atoms with Crippen LogP contribution in [0.5, 0.6) is 0 Å². The Bertz CT molecular complexity index is 586. The number of aryl methyl sites for hydroxylation is 1. The SMILES string of the molecule is CC(C)Cn1ccnc1CNC(=O)NCc1cnn(C)c1. The fourth-order valence-electron chi connectivity index (χ4n) is 2.03. The van der Waals surface area contributed by atoms with Crippen LogP contribution >= 0.6 is 0 Å². The van der Waals surface area contributed by atoms with E-state index in [1.165, 1.54) is 0 Å². The number of hydrogen-bond acceptors (Lipinski definition) is 3. The van der Waals surface area contributed by atoms with E-state index in [1.54, 1.807) is 17.1 Å². The van der Waals surface area contributed by atoms with E-state index in [2.05, 4.69) is 39.1 Å². The number of rotatable bonds is 6. The van der Waals surface area contributed by atoms with Crippen LogP contribution in [0.2, 0.25) is 0 Å². The molecule has 0 saturated heterocycles. The number of carbonyl (C=O) groups excluding carboxylic acids is 1. The Kier molecular flexibility index (Phi) is 4.97. The molecule has 2 rings (SSSR count). The molecule has 0 radical (unpaired) electrons. The Labute approximate surface area is 124 Å². The van der Waals surface area contributed by atoms with Crippen LogP contribution in [0, 0.1) is 5.92 Å². The lowest BCUT2D eigenvalue weighted by molar-refractivity contribution is 0.239. The first-order chi connectivity index (χ1) is 10.0. The first kappa shape index (κ1) is 15.1. The smallest absolute Gasteiger partial charge is 0.315 e. The van der Waals surface area contributed by atoms with Crippen molar-refractivity contribution < 1.29 is 4.79 Å². The van der Waals surface area contributed by atoms with Gasteiger partial charge in [0.05, 0.1) is 12.7 Å². The van der Waals surface area contributed by atoms with Gasteiger partial charge in [-0.3, -0.25) is 4.68 Å². The molecule has 0 unspecified atom stereocenters. The quantitative estimate of drug-likeness (QED) is 0.841. The van der Waals surface area contributed by atoms with Crippen LogP contribution in [0.4, 0.5) is 4.79 Å². The maximum absolute atomic E-state index is 11.8. The van der Waals surface area contributed by atoms with Crippen molar-refractivity contribution in [2.24, 2.45) is 13.0 Å². The van der Waals surface area contributed by atoms with Gasteiger partial charge in [-0.05, 0) is 5.92 Å². The predicted molar refractivity (Wildman–Crippen MR) is 79.3 cm³/mol. The molecule has 0 aliphatic carbocycles. The minimum absolute atomic E-state index is 0.210. The van der Waals surface area contributed by atoms with E-state index in [-0.39, 0.29) is 6.03 Å². The van der Waals surface area contributed by atoms with Gasteiger partial charge in [0.1, 0.15) is 5.82 Å². The van der Waals surface area contributed by atoms with Crippen LogP contribution in [-0.2, 0) is 26.7 Å². The summed E-state index contributed by atoms with van der Waals surface area (Å²) in [5, 5.41) is 9.66. The van der Waals surface area contributed by atoms with E-state index >= 15 is 0 Å². The summed E-state index contributed by atoms with van der Waals surface area (Å²) < 4.78 is 3.77. The molecule has 7 nitrogen and oxygen atoms in total. The lowest BCUT2D eigenvalue weighted by atomic mass is 10.2. The number of hydrogen-bond donors (Lipinski definition) is 2. The van der Waals surface area contributed by atoms with Crippen molar-refractivity contribution in [3.05, 3.63) is 36.2 Å². The fraction of sp³-hybridized carbons (Fsp3) is 0.500. The maximum atomic E-state index is 11.8. The lowest BCUT2D eigenvalue weighted by Gasteiger charge is -2.11. The first-order valence-corrected chi connectivity index (χ1v) is 7.04. The molecule has 2 N–H and O–H groups in total. The van der Waals surface area contributed by atoms with E-state index in [9.17, 15) is 4.79 Å². The largest absolute Gasteiger partial charge is 0.334 e. The standard InChI is InChI=1S/C14H22N6O/c1-11(2)9-20-5-4-15-13(20)8-17-14(21)16-6-12-7-18-19(3)10-12/h4-5,7,10-11H,6,8-9H2,1-3H3,(H2,16,17,21). The van der Waals surface area contributed by atoms with Crippen LogP contribution in [0.15, 0.2) is 24.8 Å². The summed E-state index contributed by atoms with van der Waals surface area (Å²) >= 11 is 0. The van der Waals surface area contributed by atoms with Gasteiger partial charge < -0.3 is 15.2 Å². The second-order valence-corrected chi connectivity index (χ2v) is 5.45. The summed E-state index contributed by atoms with van der Waals surface area (Å²) in [6.07, 6.45) is 7.29. The highest BCUT2D eigenvalue weighted by atomic mass is 16.2. The average molecular weight is 290 g/mol. The van der Waals surface area contributed by atoms with Gasteiger partial charge in [0.25, 0.3) is 0 Å². The van der Waals surface area contributed by atoms with E-state index in [0.717, 1.165) is 17.9 Å². The second-order valence-electron chi connectivity index (χ2n) is 5.45. The van der Waals surface area contributed by atoms with Gasteiger partial charge in [0.15, 0.2) is 0 Å². The molecule has 2 aromatic heterocycles. The predicted octanol–water partition coefficient (Wildman–Crippen LogP) is 1.27. The van der Waals surface area contributed by atoms with Gasteiger partial charge in [0, 0.05) is 44.3 Å². The fourth-order valence-corrected chi connectivity index (χ4v) is 2.03. The van der Waals surface area contributed by atoms with Crippen LogP contribution < -0.4 is 10.6 Å². The highest BCUT2D eigenvalue weighted by Gasteiger charge is 2.07. The summed E-state index contributed by atoms with van der Waals surface area (Å²) in [7, 11) is 1.85. The molecule has 0 bridgehead atoms. The Balaban J connectivity index is 1.77. The third kappa shape index (κ3) is 4.62. The summed E-state index contributed by atoms with van der Waals surface area (Å²) in [4.78, 5) is 16.0. The number of nitrogens with one attached hydrogen (secondary N) is 2. The van der Waals surface area contributed by atoms with Crippen molar-refractivity contribution in [3.63, 3.8) is 0 Å². The molecular weight excluding hydrogens is 268 g/mol. The number of amides is 2. The lowest BCUT2D eigenvalue weighted by Crippen LogP contribution is -2.35. The van der Waals surface area contributed by atoms with Gasteiger partial charge in [0.2, 0.25) is 0 Å². The summed E-state index contributed by atoms with van der Waals surface area (Å²) in [5.41, 5.74) is 0.967. The second kappa shape index (κ2) is 6.92. The van der Waals surface area contributed by atoms with E-state index in [0.29, 0.717) is 19.0 Å². The molecule has 0 aromatic carbocycles. The molecule has 0 aliphatic heterocycles. The van der Waals surface area contributed by atoms with Gasteiger partial charge in [-0.1, -0.05) is 13.8 Å². The van der Waals surface area contributed by atoms with Gasteiger partial charge in [-0.15, -0.1) is 0 Å². The maximum Gasteiger partial charge on any atom is 0.315 e. The Hall–Kier alpha value is -2.31. The molecule has 0 aliphatic rings. The van der Waals surface area contributed by atoms with Crippen molar-refractivity contribution >= 4 is 6.03 Å². The minimum Gasteiger partial charge on any atom is -0.334 e. The molecule has 0 fully saturated rings. The van der Waals surface area contributed by atoms with Crippen LogP contribution in [0.3, 0.4) is 0 Å². The van der Waals surface area contributed by atoms with E-state index in [1.807, 2.05) is 19.4 Å². The summed E-state index contributed by atoms with van der Waals surface area (Å²) in [6, 6.07) is -0.210. The first-order valence-electron chi connectivity index (χ1n) is 7.04. The third-order valence-electron chi connectivity index (χ3n) is 2.98. The topological polar surface area (TPSA) is 76.8 Å². The molecule has 114 valence electrons. The van der Waals surface area contributed by atoms with Gasteiger partial charge in [-0.25, -0.2) is 9.78 Å². The highest BCUT2D eigenvalue weighted by Crippen LogP contribution is 2.03. The molecule has 2 amide bonds. The van der Waals surface area contributed by atoms with Gasteiger partial charge in [-0.2, -0.15) is 5.10 Å². The third-order valence-corrected chi connectivity index (χ3v) is 2.98. The van der Waals surface area contributed by atoms with Crippen molar-refractivity contribution in [2.75, 3.05) is 0 Å². The molecule has 0 atom stereocenters. The normalized spacial score (nSPS) is 10.9. The number of aromatic nitrogens is 4. The van der Waals surface area contributed by atoms with Crippen LogP contribution in [0.1, 0.15) is 25.2 Å². The summed E-state index contributed by atoms with van der Waals surface area (Å²) in [5.74, 6) is 1.40. The average Bonchev–Trinajstić information content (AvgIpc) is 3.02.